The number of aliphatic hydroxyl groups is 1. The van der Waals surface area contributed by atoms with Crippen molar-refractivity contribution in [1.29, 1.82) is 0 Å². The molecule has 0 saturated heterocycles. The minimum Gasteiger partial charge on any atom is -0.494 e. The maximum absolute atomic E-state index is 14.5. The number of hydrogen-bond donors (Lipinski definition) is 2. The zero-order valence-corrected chi connectivity index (χ0v) is 25.8. The maximum atomic E-state index is 14.5. The second-order valence-corrected chi connectivity index (χ2v) is 11.3. The van der Waals surface area contributed by atoms with Crippen LogP contribution in [0.15, 0.2) is 107 Å². The van der Waals surface area contributed by atoms with Crippen molar-refractivity contribution in [3.05, 3.63) is 140 Å². The largest absolute Gasteiger partial charge is 0.494 e. The van der Waals surface area contributed by atoms with E-state index in [0.717, 1.165) is 5.56 Å². The van der Waals surface area contributed by atoms with Gasteiger partial charge in [0.2, 0.25) is 5.90 Å². The van der Waals surface area contributed by atoms with E-state index in [1.807, 2.05) is 36.4 Å². The number of hydrogen-bond acceptors (Lipinski definition) is 6. The molecule has 230 valence electrons. The highest BCUT2D eigenvalue weighted by Crippen LogP contribution is 2.46. The third-order valence-electron chi connectivity index (χ3n) is 7.42. The molecule has 1 amide bonds. The van der Waals surface area contributed by atoms with Crippen molar-refractivity contribution < 1.29 is 19.4 Å². The first-order valence-electron chi connectivity index (χ1n) is 14.4. The first kappa shape index (κ1) is 31.9. The second-order valence-electron chi connectivity index (χ2n) is 10.4. The van der Waals surface area contributed by atoms with Crippen LogP contribution in [0.2, 0.25) is 10.0 Å². The fraction of sp³-hybridized carbons (Fsp3) is 0.235. The summed E-state index contributed by atoms with van der Waals surface area (Å²) in [4.78, 5) is 22.5. The van der Waals surface area contributed by atoms with Gasteiger partial charge in [0, 0.05) is 57.8 Å². The van der Waals surface area contributed by atoms with Crippen LogP contribution in [0.25, 0.3) is 10.4 Å². The van der Waals surface area contributed by atoms with Gasteiger partial charge in [-0.05, 0) is 59.5 Å². The van der Waals surface area contributed by atoms with Gasteiger partial charge in [-0.25, -0.2) is 4.99 Å². The molecule has 2 atom stereocenters. The molecule has 0 fully saturated rings. The van der Waals surface area contributed by atoms with Gasteiger partial charge in [0.1, 0.15) is 5.75 Å². The van der Waals surface area contributed by atoms with Crippen LogP contribution < -0.4 is 10.1 Å². The van der Waals surface area contributed by atoms with E-state index in [1.54, 1.807) is 60.7 Å². The lowest BCUT2D eigenvalue weighted by atomic mass is 9.81. The van der Waals surface area contributed by atoms with Crippen LogP contribution in [-0.4, -0.2) is 42.2 Å². The fourth-order valence-corrected chi connectivity index (χ4v) is 5.70. The number of benzene rings is 4. The lowest BCUT2D eigenvalue weighted by molar-refractivity contribution is -0.128. The Bertz CT molecular complexity index is 1710. The zero-order valence-electron chi connectivity index (χ0n) is 24.3. The van der Waals surface area contributed by atoms with Crippen LogP contribution >= 0.6 is 23.2 Å². The summed E-state index contributed by atoms with van der Waals surface area (Å²) < 4.78 is 12.2. The Hall–Kier alpha value is -4.53. The van der Waals surface area contributed by atoms with E-state index in [2.05, 4.69) is 15.3 Å². The van der Waals surface area contributed by atoms with Gasteiger partial charge < -0.3 is 19.9 Å². The number of nitrogens with zero attached hydrogens (tertiary/aromatic N) is 4. The van der Waals surface area contributed by atoms with Gasteiger partial charge in [-0.1, -0.05) is 89.0 Å². The number of rotatable bonds is 13. The van der Waals surface area contributed by atoms with Gasteiger partial charge >= 0.3 is 0 Å². The molecule has 0 spiro atoms. The number of aliphatic hydroxyl groups excluding tert-OH is 1. The molecule has 1 aliphatic heterocycles. The Balaban J connectivity index is 1.58. The summed E-state index contributed by atoms with van der Waals surface area (Å²) in [5, 5.41) is 16.8. The fourth-order valence-electron chi connectivity index (χ4n) is 5.19. The molecule has 5 rings (SSSR count). The van der Waals surface area contributed by atoms with E-state index in [1.165, 1.54) is 0 Å². The Morgan fingerprint density at radius 2 is 1.80 bits per heavy atom. The average molecular weight is 645 g/mol. The molecule has 0 radical (unpaired) electrons. The summed E-state index contributed by atoms with van der Waals surface area (Å²) in [5.74, 6) is 0.493. The highest BCUT2D eigenvalue weighted by Gasteiger charge is 2.54. The molecule has 1 aliphatic rings. The summed E-state index contributed by atoms with van der Waals surface area (Å²) >= 11 is 13.0. The summed E-state index contributed by atoms with van der Waals surface area (Å²) in [6.45, 7) is 0.769. The van der Waals surface area contributed by atoms with Crippen LogP contribution in [0.3, 0.4) is 0 Å². The molecule has 1 heterocycles. The first-order chi connectivity index (χ1) is 21.9. The Morgan fingerprint density at radius 3 is 2.53 bits per heavy atom. The number of aliphatic imine (C=N–C) groups is 1. The predicted octanol–water partition coefficient (Wildman–Crippen LogP) is 7.55. The molecule has 0 aromatic heterocycles. The summed E-state index contributed by atoms with van der Waals surface area (Å²) in [6, 6.07) is 29.1. The van der Waals surface area contributed by atoms with Gasteiger partial charge in [0.05, 0.1) is 6.61 Å². The van der Waals surface area contributed by atoms with Gasteiger partial charge in [0.15, 0.2) is 11.6 Å². The van der Waals surface area contributed by atoms with Crippen LogP contribution in [0, 0.1) is 0 Å². The lowest BCUT2D eigenvalue weighted by Crippen LogP contribution is -2.50. The minimum absolute atomic E-state index is 0.0374. The molecule has 0 unspecified atom stereocenters. The highest BCUT2D eigenvalue weighted by molar-refractivity contribution is 6.35. The number of halogens is 2. The van der Waals surface area contributed by atoms with Crippen molar-refractivity contribution in [3.63, 3.8) is 0 Å². The molecule has 45 heavy (non-hydrogen) atoms. The second kappa shape index (κ2) is 15.0. The number of nitrogens with one attached hydrogen (secondary N) is 1. The molecule has 0 saturated carbocycles. The molecule has 4 aromatic carbocycles. The van der Waals surface area contributed by atoms with Crippen molar-refractivity contribution in [2.45, 2.75) is 30.9 Å². The first-order valence-corrected chi connectivity index (χ1v) is 15.2. The molecule has 4 aromatic rings. The van der Waals surface area contributed by atoms with Gasteiger partial charge in [-0.3, -0.25) is 4.79 Å². The van der Waals surface area contributed by atoms with Crippen LogP contribution in [0.5, 0.6) is 5.75 Å². The van der Waals surface area contributed by atoms with Crippen molar-refractivity contribution in [3.8, 4) is 5.75 Å². The molecule has 11 heteroatoms. The molecule has 9 nitrogen and oxygen atoms in total. The van der Waals surface area contributed by atoms with Crippen LogP contribution in [0.1, 0.15) is 34.8 Å². The van der Waals surface area contributed by atoms with Crippen molar-refractivity contribution in [2.75, 3.05) is 19.8 Å². The Labute approximate surface area is 271 Å². The SMILES string of the molecule is [N-]=[N+]=Nc1ccccc1C[C@@]1(C(=O)NCCc2ccccc2)N=C(c2ccc(OCCCO)cc2)O[C@@H]1c1ccc(Cl)cc1Cl. The standard InChI is InChI=1S/C34H31Cl2N5O4/c35-26-13-16-28(29(36)21-26)31-34(22-25-9-4-5-10-30(25)40-41-37,33(43)38-18-17-23-7-2-1-3-8-23)39-32(45-31)24-11-14-27(15-12-24)44-20-6-19-42/h1-5,7-16,21,31,42H,6,17-20,22H2,(H,38,43)/t31-,34-/m1/s1. The minimum atomic E-state index is -1.54. The Kier molecular flexibility index (Phi) is 10.6. The lowest BCUT2D eigenvalue weighted by Gasteiger charge is -2.31. The van der Waals surface area contributed by atoms with E-state index in [9.17, 15) is 10.3 Å². The van der Waals surface area contributed by atoms with Crippen molar-refractivity contribution in [1.82, 2.24) is 5.32 Å². The zero-order chi connectivity index (χ0) is 31.6. The van der Waals surface area contributed by atoms with E-state index >= 15 is 0 Å². The van der Waals surface area contributed by atoms with Crippen molar-refractivity contribution >= 4 is 40.7 Å². The highest BCUT2D eigenvalue weighted by atomic mass is 35.5. The van der Waals surface area contributed by atoms with E-state index in [4.69, 9.17) is 42.8 Å². The third kappa shape index (κ3) is 7.59. The average Bonchev–Trinajstić information content (AvgIpc) is 3.43. The van der Waals surface area contributed by atoms with Crippen molar-refractivity contribution in [2.24, 2.45) is 10.1 Å². The molecular weight excluding hydrogens is 613 g/mol. The van der Waals surface area contributed by atoms with E-state index in [0.29, 0.717) is 64.2 Å². The van der Waals surface area contributed by atoms with E-state index in [-0.39, 0.29) is 24.8 Å². The third-order valence-corrected chi connectivity index (χ3v) is 7.98. The summed E-state index contributed by atoms with van der Waals surface area (Å²) in [7, 11) is 0. The number of amides is 1. The molecule has 0 bridgehead atoms. The van der Waals surface area contributed by atoms with Crippen LogP contribution in [-0.2, 0) is 22.4 Å². The smallest absolute Gasteiger partial charge is 0.252 e. The number of carbonyl (C=O) groups excluding carboxylic acids is 1. The predicted molar refractivity (Wildman–Crippen MR) is 175 cm³/mol. The number of carbonyl (C=O) groups is 1. The maximum Gasteiger partial charge on any atom is 0.252 e. The number of azide groups is 1. The molecule has 0 aliphatic carbocycles. The molecular formula is C34H31Cl2N5O4. The van der Waals surface area contributed by atoms with Gasteiger partial charge in [-0.2, -0.15) is 0 Å². The quantitative estimate of drug-likeness (QED) is 0.0674. The topological polar surface area (TPSA) is 129 Å². The Morgan fingerprint density at radius 1 is 1.04 bits per heavy atom. The monoisotopic (exact) mass is 643 g/mol. The summed E-state index contributed by atoms with van der Waals surface area (Å²) in [5.41, 5.74) is 10.9. The van der Waals surface area contributed by atoms with Crippen LogP contribution in [0.4, 0.5) is 5.69 Å². The van der Waals surface area contributed by atoms with Gasteiger partial charge in [-0.15, -0.1) is 0 Å². The summed E-state index contributed by atoms with van der Waals surface area (Å²) in [6.07, 6.45) is 0.225. The van der Waals surface area contributed by atoms with E-state index < -0.39 is 11.6 Å². The van der Waals surface area contributed by atoms with Gasteiger partial charge in [0.25, 0.3) is 5.91 Å². The number of ether oxygens (including phenoxy) is 2. The normalized spacial score (nSPS) is 17.1. The molecule has 2 N–H and O–H groups in total.